The topological polar surface area (TPSA) is 20.2 Å². The van der Waals surface area contributed by atoms with Gasteiger partial charge in [-0.05, 0) is 48.9 Å². The predicted octanol–water partition coefficient (Wildman–Crippen LogP) is 5.64. The van der Waals surface area contributed by atoms with E-state index in [0.29, 0.717) is 5.75 Å². The highest BCUT2D eigenvalue weighted by Gasteiger charge is 2.04. The number of hydrogen-bond acceptors (Lipinski definition) is 1. The first-order chi connectivity index (χ1) is 9.27. The zero-order valence-corrected chi connectivity index (χ0v) is 12.8. The molecule has 0 aliphatic carbocycles. The molecular weight excluding hydrogens is 232 g/mol. The zero-order chi connectivity index (χ0) is 13.9. The quantitative estimate of drug-likeness (QED) is 0.541. The molecule has 108 valence electrons. The van der Waals surface area contributed by atoms with Crippen molar-refractivity contribution in [2.75, 3.05) is 0 Å². The van der Waals surface area contributed by atoms with Crippen LogP contribution in [0.2, 0.25) is 0 Å². The summed E-state index contributed by atoms with van der Waals surface area (Å²) in [7, 11) is 0. The number of aryl methyl sites for hydroxylation is 2. The van der Waals surface area contributed by atoms with Crippen molar-refractivity contribution < 1.29 is 5.11 Å². The van der Waals surface area contributed by atoms with Gasteiger partial charge in [0.25, 0.3) is 0 Å². The molecule has 19 heavy (non-hydrogen) atoms. The Kier molecular flexibility index (Phi) is 8.36. The molecule has 1 nitrogen and oxygen atoms in total. The lowest BCUT2D eigenvalue weighted by molar-refractivity contribution is 0.474. The van der Waals surface area contributed by atoms with Gasteiger partial charge in [0, 0.05) is 0 Å². The molecule has 0 bridgehead atoms. The SMILES string of the molecule is CCCCCCc1ccc(O)cc1CCCCCC. The van der Waals surface area contributed by atoms with Crippen molar-refractivity contribution in [3.63, 3.8) is 0 Å². The van der Waals surface area contributed by atoms with Gasteiger partial charge in [-0.1, -0.05) is 58.4 Å². The third-order valence-corrected chi connectivity index (χ3v) is 3.79. The Bertz CT molecular complexity index is 344. The van der Waals surface area contributed by atoms with Crippen molar-refractivity contribution in [1.29, 1.82) is 0 Å². The standard InChI is InChI=1S/C18H30O/c1-3-5-7-9-11-16-13-14-18(19)15-17(16)12-10-8-6-4-2/h13-15,19H,3-12H2,1-2H3. The van der Waals surface area contributed by atoms with Gasteiger partial charge < -0.3 is 5.11 Å². The van der Waals surface area contributed by atoms with Crippen LogP contribution in [-0.2, 0) is 12.8 Å². The molecule has 0 fully saturated rings. The van der Waals surface area contributed by atoms with Crippen LogP contribution in [0.3, 0.4) is 0 Å². The minimum atomic E-state index is 0.419. The summed E-state index contributed by atoms with van der Waals surface area (Å²) in [6.07, 6.45) is 12.7. The predicted molar refractivity (Wildman–Crippen MR) is 83.8 cm³/mol. The lowest BCUT2D eigenvalue weighted by Gasteiger charge is -2.10. The van der Waals surface area contributed by atoms with E-state index in [1.165, 1.54) is 68.9 Å². The molecule has 1 aromatic carbocycles. The Labute approximate surface area is 119 Å². The van der Waals surface area contributed by atoms with Gasteiger partial charge in [0.05, 0.1) is 0 Å². The molecule has 0 radical (unpaired) electrons. The summed E-state index contributed by atoms with van der Waals surface area (Å²) in [5.74, 6) is 0.419. The van der Waals surface area contributed by atoms with Gasteiger partial charge >= 0.3 is 0 Å². The summed E-state index contributed by atoms with van der Waals surface area (Å²) >= 11 is 0. The van der Waals surface area contributed by atoms with Crippen LogP contribution < -0.4 is 0 Å². The Morgan fingerprint density at radius 1 is 0.737 bits per heavy atom. The molecule has 0 saturated carbocycles. The summed E-state index contributed by atoms with van der Waals surface area (Å²) in [6, 6.07) is 5.93. The van der Waals surface area contributed by atoms with E-state index in [-0.39, 0.29) is 0 Å². The highest BCUT2D eigenvalue weighted by molar-refractivity contribution is 5.35. The van der Waals surface area contributed by atoms with Crippen molar-refractivity contribution in [3.05, 3.63) is 29.3 Å². The third kappa shape index (κ3) is 6.66. The molecule has 0 unspecified atom stereocenters. The summed E-state index contributed by atoms with van der Waals surface area (Å²) < 4.78 is 0. The lowest BCUT2D eigenvalue weighted by Crippen LogP contribution is -1.95. The molecule has 0 spiro atoms. The molecule has 1 aromatic rings. The monoisotopic (exact) mass is 262 g/mol. The van der Waals surface area contributed by atoms with Crippen molar-refractivity contribution in [3.8, 4) is 5.75 Å². The Morgan fingerprint density at radius 2 is 1.32 bits per heavy atom. The van der Waals surface area contributed by atoms with E-state index in [1.54, 1.807) is 0 Å². The fourth-order valence-electron chi connectivity index (χ4n) is 2.57. The van der Waals surface area contributed by atoms with Gasteiger partial charge in [-0.15, -0.1) is 0 Å². The Hall–Kier alpha value is -0.980. The summed E-state index contributed by atoms with van der Waals surface area (Å²) in [5, 5.41) is 9.65. The molecular formula is C18H30O. The molecule has 0 atom stereocenters. The van der Waals surface area contributed by atoms with Crippen LogP contribution in [0.5, 0.6) is 5.75 Å². The largest absolute Gasteiger partial charge is 0.508 e. The number of aromatic hydroxyl groups is 1. The van der Waals surface area contributed by atoms with Crippen LogP contribution in [0, 0.1) is 0 Å². The molecule has 0 saturated heterocycles. The number of benzene rings is 1. The molecule has 1 heteroatoms. The number of unbranched alkanes of at least 4 members (excludes halogenated alkanes) is 6. The molecule has 0 amide bonds. The van der Waals surface area contributed by atoms with Gasteiger partial charge in [-0.25, -0.2) is 0 Å². The van der Waals surface area contributed by atoms with Gasteiger partial charge in [0.2, 0.25) is 0 Å². The highest BCUT2D eigenvalue weighted by Crippen LogP contribution is 2.21. The van der Waals surface area contributed by atoms with Crippen LogP contribution in [-0.4, -0.2) is 5.11 Å². The van der Waals surface area contributed by atoms with E-state index < -0.39 is 0 Å². The molecule has 0 aliphatic rings. The van der Waals surface area contributed by atoms with Gasteiger partial charge in [0.15, 0.2) is 0 Å². The lowest BCUT2D eigenvalue weighted by atomic mass is 9.96. The third-order valence-electron chi connectivity index (χ3n) is 3.79. The number of hydrogen-bond donors (Lipinski definition) is 1. The van der Waals surface area contributed by atoms with Gasteiger partial charge in [-0.2, -0.15) is 0 Å². The van der Waals surface area contributed by atoms with E-state index in [9.17, 15) is 5.11 Å². The van der Waals surface area contributed by atoms with Crippen molar-refractivity contribution >= 4 is 0 Å². The Morgan fingerprint density at radius 3 is 1.89 bits per heavy atom. The molecule has 0 aliphatic heterocycles. The molecule has 1 N–H and O–H groups in total. The second-order valence-corrected chi connectivity index (χ2v) is 5.57. The zero-order valence-electron chi connectivity index (χ0n) is 12.8. The van der Waals surface area contributed by atoms with Gasteiger partial charge in [-0.3, -0.25) is 0 Å². The van der Waals surface area contributed by atoms with Crippen LogP contribution in [0.15, 0.2) is 18.2 Å². The average molecular weight is 262 g/mol. The van der Waals surface area contributed by atoms with Crippen LogP contribution in [0.25, 0.3) is 0 Å². The molecule has 0 aromatic heterocycles. The normalized spacial score (nSPS) is 10.8. The highest BCUT2D eigenvalue weighted by atomic mass is 16.3. The van der Waals surface area contributed by atoms with E-state index in [2.05, 4.69) is 19.9 Å². The first-order valence-electron chi connectivity index (χ1n) is 8.08. The van der Waals surface area contributed by atoms with Crippen molar-refractivity contribution in [2.45, 2.75) is 78.1 Å². The number of phenols is 1. The minimum Gasteiger partial charge on any atom is -0.508 e. The summed E-state index contributed by atoms with van der Waals surface area (Å²) in [5.41, 5.74) is 2.82. The molecule has 1 rings (SSSR count). The number of phenolic OH excluding ortho intramolecular Hbond substituents is 1. The van der Waals surface area contributed by atoms with E-state index in [0.717, 1.165) is 6.42 Å². The first kappa shape index (κ1) is 16.1. The fraction of sp³-hybridized carbons (Fsp3) is 0.667. The van der Waals surface area contributed by atoms with E-state index in [4.69, 9.17) is 0 Å². The smallest absolute Gasteiger partial charge is 0.115 e. The van der Waals surface area contributed by atoms with E-state index in [1.807, 2.05) is 12.1 Å². The second-order valence-electron chi connectivity index (χ2n) is 5.57. The summed E-state index contributed by atoms with van der Waals surface area (Å²) in [4.78, 5) is 0. The van der Waals surface area contributed by atoms with Crippen molar-refractivity contribution in [1.82, 2.24) is 0 Å². The summed E-state index contributed by atoms with van der Waals surface area (Å²) in [6.45, 7) is 4.49. The number of rotatable bonds is 10. The maximum atomic E-state index is 9.65. The van der Waals surface area contributed by atoms with E-state index >= 15 is 0 Å². The van der Waals surface area contributed by atoms with Crippen LogP contribution in [0.1, 0.15) is 76.3 Å². The van der Waals surface area contributed by atoms with Crippen LogP contribution in [0.4, 0.5) is 0 Å². The van der Waals surface area contributed by atoms with Gasteiger partial charge in [0.1, 0.15) is 5.75 Å². The maximum Gasteiger partial charge on any atom is 0.115 e. The average Bonchev–Trinajstić information content (AvgIpc) is 2.41. The fourth-order valence-corrected chi connectivity index (χ4v) is 2.57. The first-order valence-corrected chi connectivity index (χ1v) is 8.08. The molecule has 0 heterocycles. The minimum absolute atomic E-state index is 0.419. The van der Waals surface area contributed by atoms with Crippen molar-refractivity contribution in [2.24, 2.45) is 0 Å². The second kappa shape index (κ2) is 9.89. The maximum absolute atomic E-state index is 9.65. The Balaban J connectivity index is 2.48. The van der Waals surface area contributed by atoms with Crippen LogP contribution >= 0.6 is 0 Å².